The summed E-state index contributed by atoms with van der Waals surface area (Å²) in [4.78, 5) is 16.3. The molecule has 3 rings (SSSR count). The highest BCUT2D eigenvalue weighted by molar-refractivity contribution is 6.30. The Kier molecular flexibility index (Phi) is 7.52. The van der Waals surface area contributed by atoms with E-state index in [1.54, 1.807) is 24.3 Å². The summed E-state index contributed by atoms with van der Waals surface area (Å²) < 4.78 is 5.91. The Bertz CT molecular complexity index is 769. The summed E-state index contributed by atoms with van der Waals surface area (Å²) in [5, 5.41) is 0.659. The largest absolute Gasteiger partial charge is 0.481 e. The zero-order valence-electron chi connectivity index (χ0n) is 16.3. The van der Waals surface area contributed by atoms with Crippen LogP contribution in [0.3, 0.4) is 0 Å². The van der Waals surface area contributed by atoms with Crippen LogP contribution < -0.4 is 9.64 Å². The minimum absolute atomic E-state index is 0.0799. The van der Waals surface area contributed by atoms with Gasteiger partial charge in [0.2, 0.25) is 0 Å². The summed E-state index contributed by atoms with van der Waals surface area (Å²) in [6, 6.07) is 17.5. The third-order valence-corrected chi connectivity index (χ3v) is 5.29. The topological polar surface area (TPSA) is 34.0 Å². The lowest BCUT2D eigenvalue weighted by atomic mass is 10.2. The molecule has 1 atom stereocenters. The predicted molar refractivity (Wildman–Crippen MR) is 114 cm³/mol. The van der Waals surface area contributed by atoms with Gasteiger partial charge in [-0.25, -0.2) is 0 Å². The van der Waals surface area contributed by atoms with Gasteiger partial charge in [0.15, 0.2) is 6.10 Å². The van der Waals surface area contributed by atoms with Crippen molar-refractivity contribution in [1.82, 2.24) is 4.90 Å². The van der Waals surface area contributed by atoms with Crippen molar-refractivity contribution < 1.29 is 14.4 Å². The number of benzene rings is 2. The Balaban J connectivity index is 1.47. The maximum atomic E-state index is 12.9. The first kappa shape index (κ1) is 20.4. The number of carbonyl (C=O) groups is 1. The van der Waals surface area contributed by atoms with Crippen LogP contribution in [0.1, 0.15) is 18.9 Å². The van der Waals surface area contributed by atoms with Crippen molar-refractivity contribution >= 4 is 23.6 Å². The number of amides is 1. The molecule has 1 saturated heterocycles. The molecule has 0 bridgehead atoms. The van der Waals surface area contributed by atoms with Crippen molar-refractivity contribution in [3.63, 3.8) is 0 Å². The molecule has 28 heavy (non-hydrogen) atoms. The quantitative estimate of drug-likeness (QED) is 0.776. The van der Waals surface area contributed by atoms with Crippen molar-refractivity contribution in [2.24, 2.45) is 0 Å². The van der Waals surface area contributed by atoms with Crippen molar-refractivity contribution in [3.8, 4) is 5.75 Å². The molecule has 1 aliphatic rings. The number of ether oxygens (including phenoxy) is 1. The van der Waals surface area contributed by atoms with Crippen LogP contribution in [0, 0.1) is 0 Å². The van der Waals surface area contributed by atoms with Gasteiger partial charge in [-0.1, -0.05) is 54.9 Å². The predicted octanol–water partition coefficient (Wildman–Crippen LogP) is 2.94. The maximum Gasteiger partial charge on any atom is 0.264 e. The second kappa shape index (κ2) is 10.3. The Morgan fingerprint density at radius 2 is 1.82 bits per heavy atom. The standard InChI is InChI=1S/C23H27ClN2O2/c1-2-22(28-21-12-10-20(24)11-13-21)23(27)26-17-15-25(16-18-26)14-6-9-19-7-4-3-5-8-19/h3-13,22H,2,14-18H2,1H3/p+1/b9-6+/t22-/m1/s1. The zero-order chi connectivity index (χ0) is 19.8. The first-order valence-electron chi connectivity index (χ1n) is 9.92. The van der Waals surface area contributed by atoms with E-state index in [1.807, 2.05) is 30.0 Å². The van der Waals surface area contributed by atoms with E-state index in [1.165, 1.54) is 10.5 Å². The van der Waals surface area contributed by atoms with Crippen molar-refractivity contribution in [3.05, 3.63) is 71.3 Å². The van der Waals surface area contributed by atoms with E-state index in [-0.39, 0.29) is 5.91 Å². The maximum absolute atomic E-state index is 12.9. The van der Waals surface area contributed by atoms with Crippen molar-refractivity contribution in [1.29, 1.82) is 0 Å². The van der Waals surface area contributed by atoms with E-state index < -0.39 is 6.10 Å². The summed E-state index contributed by atoms with van der Waals surface area (Å²) in [6.45, 7) is 6.43. The van der Waals surface area contributed by atoms with Crippen LogP contribution >= 0.6 is 11.6 Å². The van der Waals surface area contributed by atoms with Gasteiger partial charge in [0.25, 0.3) is 5.91 Å². The average Bonchev–Trinajstić information content (AvgIpc) is 2.74. The second-order valence-corrected chi connectivity index (χ2v) is 7.50. The second-order valence-electron chi connectivity index (χ2n) is 7.06. The normalized spacial score (nSPS) is 16.3. The Labute approximate surface area is 172 Å². The molecule has 1 aliphatic heterocycles. The van der Waals surface area contributed by atoms with E-state index in [0.717, 1.165) is 32.7 Å². The van der Waals surface area contributed by atoms with Gasteiger partial charge in [-0.05, 0) is 42.3 Å². The van der Waals surface area contributed by atoms with Crippen LogP contribution in [-0.2, 0) is 4.79 Å². The Morgan fingerprint density at radius 1 is 1.14 bits per heavy atom. The number of hydrogen-bond acceptors (Lipinski definition) is 2. The minimum atomic E-state index is -0.444. The fourth-order valence-corrected chi connectivity index (χ4v) is 3.49. The SMILES string of the molecule is CC[C@@H](Oc1ccc(Cl)cc1)C(=O)N1CC[NH+](C/C=C/c2ccccc2)CC1. The van der Waals surface area contributed by atoms with Crippen molar-refractivity contribution in [2.75, 3.05) is 32.7 Å². The Morgan fingerprint density at radius 3 is 2.46 bits per heavy atom. The van der Waals surface area contributed by atoms with Gasteiger partial charge in [-0.3, -0.25) is 4.79 Å². The number of nitrogens with zero attached hydrogens (tertiary/aromatic N) is 1. The lowest BCUT2D eigenvalue weighted by Crippen LogP contribution is -3.14. The molecule has 1 fully saturated rings. The van der Waals surface area contributed by atoms with E-state index >= 15 is 0 Å². The molecule has 0 radical (unpaired) electrons. The molecule has 1 N–H and O–H groups in total. The summed E-state index contributed by atoms with van der Waals surface area (Å²) in [5.74, 6) is 0.760. The molecule has 0 aromatic heterocycles. The van der Waals surface area contributed by atoms with Gasteiger partial charge in [0, 0.05) is 5.02 Å². The third kappa shape index (κ3) is 5.85. The van der Waals surface area contributed by atoms with Crippen molar-refractivity contribution in [2.45, 2.75) is 19.4 Å². The Hall–Kier alpha value is -2.30. The van der Waals surface area contributed by atoms with Gasteiger partial charge >= 0.3 is 0 Å². The lowest BCUT2D eigenvalue weighted by Gasteiger charge is -2.33. The zero-order valence-corrected chi connectivity index (χ0v) is 17.1. The van der Waals surface area contributed by atoms with Gasteiger partial charge in [0.05, 0.1) is 32.7 Å². The summed E-state index contributed by atoms with van der Waals surface area (Å²) >= 11 is 5.91. The summed E-state index contributed by atoms with van der Waals surface area (Å²) in [6.07, 6.45) is 4.59. The van der Waals surface area contributed by atoms with Crippen LogP contribution in [0.2, 0.25) is 5.02 Å². The highest BCUT2D eigenvalue weighted by Crippen LogP contribution is 2.18. The third-order valence-electron chi connectivity index (χ3n) is 5.04. The molecule has 148 valence electrons. The molecule has 1 heterocycles. The van der Waals surface area contributed by atoms with E-state index in [4.69, 9.17) is 16.3 Å². The number of carbonyl (C=O) groups excluding carboxylic acids is 1. The molecule has 5 heteroatoms. The number of hydrogen-bond donors (Lipinski definition) is 1. The fourth-order valence-electron chi connectivity index (χ4n) is 3.36. The van der Waals surface area contributed by atoms with Crippen LogP contribution in [0.15, 0.2) is 60.7 Å². The number of piperazine rings is 1. The van der Waals surface area contributed by atoms with Gasteiger partial charge in [0.1, 0.15) is 5.75 Å². The summed E-state index contributed by atoms with van der Waals surface area (Å²) in [5.41, 5.74) is 1.22. The fraction of sp³-hybridized carbons (Fsp3) is 0.348. The molecule has 2 aromatic rings. The van der Waals surface area contributed by atoms with Gasteiger partial charge < -0.3 is 14.5 Å². The highest BCUT2D eigenvalue weighted by atomic mass is 35.5. The van der Waals surface area contributed by atoms with Gasteiger partial charge in [-0.2, -0.15) is 0 Å². The van der Waals surface area contributed by atoms with Gasteiger partial charge in [-0.15, -0.1) is 0 Å². The smallest absolute Gasteiger partial charge is 0.264 e. The van der Waals surface area contributed by atoms with Crippen LogP contribution in [0.5, 0.6) is 5.75 Å². The van der Waals surface area contributed by atoms with E-state index in [2.05, 4.69) is 24.3 Å². The average molecular weight is 400 g/mol. The molecule has 4 nitrogen and oxygen atoms in total. The molecule has 0 unspecified atom stereocenters. The molecule has 0 aliphatic carbocycles. The highest BCUT2D eigenvalue weighted by Gasteiger charge is 2.29. The molecular formula is C23H28ClN2O2+. The molecule has 0 saturated carbocycles. The minimum Gasteiger partial charge on any atom is -0.481 e. The van der Waals surface area contributed by atoms with Crippen LogP contribution in [0.4, 0.5) is 0 Å². The monoisotopic (exact) mass is 399 g/mol. The molecule has 2 aromatic carbocycles. The number of halogens is 1. The first-order chi connectivity index (χ1) is 13.7. The van der Waals surface area contributed by atoms with E-state index in [9.17, 15) is 4.79 Å². The lowest BCUT2D eigenvalue weighted by molar-refractivity contribution is -0.898. The van der Waals surface area contributed by atoms with Crippen LogP contribution in [-0.4, -0.2) is 49.6 Å². The first-order valence-corrected chi connectivity index (χ1v) is 10.3. The van der Waals surface area contributed by atoms with E-state index in [0.29, 0.717) is 17.2 Å². The molecule has 1 amide bonds. The summed E-state index contributed by atoms with van der Waals surface area (Å²) in [7, 11) is 0. The number of rotatable bonds is 7. The number of nitrogens with one attached hydrogen (secondary N) is 1. The molecular weight excluding hydrogens is 372 g/mol. The van der Waals surface area contributed by atoms with Crippen LogP contribution in [0.25, 0.3) is 6.08 Å². The number of quaternary nitrogens is 1. The molecule has 0 spiro atoms.